The highest BCUT2D eigenvalue weighted by Crippen LogP contribution is 2.46. The molecule has 11 heteroatoms. The average molecular weight is 629 g/mol. The first-order valence-corrected chi connectivity index (χ1v) is 17.2. The van der Waals surface area contributed by atoms with Crippen LogP contribution in [0.15, 0.2) is 77.5 Å². The summed E-state index contributed by atoms with van der Waals surface area (Å²) in [7, 11) is -2.09. The summed E-state index contributed by atoms with van der Waals surface area (Å²) < 4.78 is 27.5. The molecule has 0 unspecified atom stereocenters. The maximum Gasteiger partial charge on any atom is 0.259 e. The number of rotatable bonds is 5. The van der Waals surface area contributed by atoms with E-state index in [2.05, 4.69) is 15.2 Å². The molecule has 0 bridgehead atoms. The Morgan fingerprint density at radius 1 is 1.02 bits per heavy atom. The zero-order valence-corrected chi connectivity index (χ0v) is 25.9. The van der Waals surface area contributed by atoms with E-state index in [1.54, 1.807) is 18.0 Å². The molecule has 0 spiro atoms. The predicted octanol–water partition coefficient (Wildman–Crippen LogP) is 3.43. The number of hydrogen-bond donors (Lipinski definition) is 2. The molecule has 1 aliphatic heterocycles. The quantitative estimate of drug-likeness (QED) is 0.329. The van der Waals surface area contributed by atoms with Crippen molar-refractivity contribution in [2.24, 2.45) is 17.0 Å². The topological polar surface area (TPSA) is 134 Å². The van der Waals surface area contributed by atoms with Crippen LogP contribution in [-0.4, -0.2) is 67.2 Å². The predicted molar refractivity (Wildman–Crippen MR) is 168 cm³/mol. The van der Waals surface area contributed by atoms with Crippen LogP contribution in [0.25, 0.3) is 11.1 Å². The minimum absolute atomic E-state index is 0.152. The maximum atomic E-state index is 13.9. The Morgan fingerprint density at radius 3 is 2.36 bits per heavy atom. The van der Waals surface area contributed by atoms with E-state index >= 15 is 0 Å². The Kier molecular flexibility index (Phi) is 7.38. The first-order chi connectivity index (χ1) is 21.7. The second-order valence-corrected chi connectivity index (χ2v) is 14.6. The lowest BCUT2D eigenvalue weighted by atomic mass is 9.97. The molecule has 10 nitrogen and oxygen atoms in total. The lowest BCUT2D eigenvalue weighted by molar-refractivity contribution is -0.133. The van der Waals surface area contributed by atoms with Crippen LogP contribution >= 0.6 is 0 Å². The molecule has 1 heterocycles. The van der Waals surface area contributed by atoms with Crippen molar-refractivity contribution in [1.82, 2.24) is 14.9 Å². The van der Waals surface area contributed by atoms with Crippen molar-refractivity contribution in [2.75, 3.05) is 13.6 Å². The number of nitrogens with zero attached hydrogens (tertiary/aromatic N) is 2. The van der Waals surface area contributed by atoms with Crippen LogP contribution in [0.2, 0.25) is 0 Å². The summed E-state index contributed by atoms with van der Waals surface area (Å²) in [6, 6.07) is 15.9. The summed E-state index contributed by atoms with van der Waals surface area (Å²) in [5.74, 6) is -2.75. The third-order valence-electron chi connectivity index (χ3n) is 9.50. The third-order valence-corrected chi connectivity index (χ3v) is 11.3. The third kappa shape index (κ3) is 5.47. The van der Waals surface area contributed by atoms with Gasteiger partial charge in [0, 0.05) is 42.6 Å². The summed E-state index contributed by atoms with van der Waals surface area (Å²) in [6.45, 7) is 0.536. The standard InChI is InChI=1S/C34H36N4O6S/c1-38-17-9-3-2-4-10-21-20-34(21,33(41)37-45(42,43)23-15-16-23)35-31(39)28-18-22(19-29(28)32(38)40)44-36-30-26-13-7-5-11-24(26)25-12-6-8-14-27(25)30/h4-8,10-14,19,21-23,28H,2-3,9,15-18,20H2,1H3,(H,35,39)(H,37,41)/b10-4-/t21-,22+,28+,34+/m0/s1. The van der Waals surface area contributed by atoms with Gasteiger partial charge in [-0.2, -0.15) is 0 Å². The number of sulfonamides is 1. The SMILES string of the molecule is CN1CCCC/C=C\[C@H]2C[C@@]2(C(=O)NS(=O)(=O)C2CC2)NC(=O)[C@@H]2C[C@@H](ON=C3c4ccccc4-c4ccccc43)C=C2C1=O. The van der Waals surface area contributed by atoms with Gasteiger partial charge in [-0.15, -0.1) is 0 Å². The van der Waals surface area contributed by atoms with Gasteiger partial charge in [0.25, 0.3) is 5.91 Å². The van der Waals surface area contributed by atoms with Crippen LogP contribution in [0.4, 0.5) is 0 Å². The molecule has 2 saturated carbocycles. The van der Waals surface area contributed by atoms with E-state index in [1.165, 1.54) is 0 Å². The zero-order chi connectivity index (χ0) is 31.3. The molecule has 2 aromatic carbocycles. The van der Waals surface area contributed by atoms with E-state index in [-0.39, 0.29) is 24.7 Å². The van der Waals surface area contributed by atoms with E-state index in [0.29, 0.717) is 30.7 Å². The molecule has 3 amide bonds. The van der Waals surface area contributed by atoms with Gasteiger partial charge in [0.2, 0.25) is 21.8 Å². The zero-order valence-electron chi connectivity index (χ0n) is 25.1. The van der Waals surface area contributed by atoms with E-state index in [9.17, 15) is 22.8 Å². The van der Waals surface area contributed by atoms with Gasteiger partial charge < -0.3 is 15.1 Å². The fourth-order valence-electron chi connectivity index (χ4n) is 6.66. The summed E-state index contributed by atoms with van der Waals surface area (Å²) in [4.78, 5) is 48.7. The number of nitrogens with one attached hydrogen (secondary N) is 2. The number of carbonyl (C=O) groups is 3. The number of hydrogen-bond acceptors (Lipinski definition) is 7. The molecule has 45 heavy (non-hydrogen) atoms. The van der Waals surface area contributed by atoms with Gasteiger partial charge >= 0.3 is 0 Å². The molecule has 0 radical (unpaired) electrons. The monoisotopic (exact) mass is 628 g/mol. The number of allylic oxidation sites excluding steroid dienone is 1. The second-order valence-electron chi connectivity index (χ2n) is 12.7. The fraction of sp³-hybridized carbons (Fsp3) is 0.412. The van der Waals surface area contributed by atoms with Gasteiger partial charge in [-0.25, -0.2) is 8.42 Å². The van der Waals surface area contributed by atoms with E-state index in [1.807, 2.05) is 60.7 Å². The highest BCUT2D eigenvalue weighted by Gasteiger charge is 2.61. The van der Waals surface area contributed by atoms with Crippen LogP contribution in [0.1, 0.15) is 56.1 Å². The van der Waals surface area contributed by atoms with Crippen molar-refractivity contribution in [3.05, 3.63) is 83.5 Å². The Hall–Kier alpha value is -4.25. The maximum absolute atomic E-state index is 13.9. The number of benzene rings is 2. The van der Waals surface area contributed by atoms with Crippen molar-refractivity contribution in [3.8, 4) is 11.1 Å². The molecule has 4 atom stereocenters. The number of carbonyl (C=O) groups excluding carboxylic acids is 3. The lowest BCUT2D eigenvalue weighted by Crippen LogP contribution is -2.54. The van der Waals surface area contributed by atoms with Gasteiger partial charge in [-0.1, -0.05) is 65.8 Å². The Bertz CT molecular complexity index is 1730. The second kappa shape index (κ2) is 11.3. The van der Waals surface area contributed by atoms with E-state index in [0.717, 1.165) is 41.5 Å². The molecule has 2 aromatic rings. The number of oxime groups is 1. The van der Waals surface area contributed by atoms with Crippen LogP contribution in [0.3, 0.4) is 0 Å². The lowest BCUT2D eigenvalue weighted by Gasteiger charge is -2.24. The summed E-state index contributed by atoms with van der Waals surface area (Å²) in [5.41, 5.74) is 3.59. The van der Waals surface area contributed by atoms with Crippen molar-refractivity contribution >= 4 is 33.5 Å². The van der Waals surface area contributed by atoms with Crippen LogP contribution in [-0.2, 0) is 29.2 Å². The van der Waals surface area contributed by atoms with Crippen molar-refractivity contribution in [3.63, 3.8) is 0 Å². The summed E-state index contributed by atoms with van der Waals surface area (Å²) in [5, 5.41) is 6.87. The molecular formula is C34H36N4O6S. The number of amides is 3. The Balaban J connectivity index is 1.17. The molecule has 234 valence electrons. The van der Waals surface area contributed by atoms with Gasteiger partial charge in [-0.3, -0.25) is 19.1 Å². The van der Waals surface area contributed by atoms with E-state index < -0.39 is 44.6 Å². The highest BCUT2D eigenvalue weighted by atomic mass is 32.2. The first kappa shape index (κ1) is 29.5. The normalized spacial score (nSPS) is 28.4. The average Bonchev–Trinajstić information content (AvgIpc) is 3.93. The highest BCUT2D eigenvalue weighted by molar-refractivity contribution is 7.91. The Labute approximate surface area is 262 Å². The van der Waals surface area contributed by atoms with Crippen molar-refractivity contribution in [2.45, 2.75) is 61.8 Å². The fourth-order valence-corrected chi connectivity index (χ4v) is 8.03. The van der Waals surface area contributed by atoms with Gasteiger partial charge in [0.05, 0.1) is 11.2 Å². The summed E-state index contributed by atoms with van der Waals surface area (Å²) >= 11 is 0. The minimum Gasteiger partial charge on any atom is -0.388 e. The smallest absolute Gasteiger partial charge is 0.259 e. The number of fused-ring (bicyclic) bond motifs is 5. The van der Waals surface area contributed by atoms with Gasteiger partial charge in [-0.05, 0) is 55.7 Å². The molecular weight excluding hydrogens is 592 g/mol. The largest absolute Gasteiger partial charge is 0.388 e. The molecule has 0 saturated heterocycles. The molecule has 2 fully saturated rings. The van der Waals surface area contributed by atoms with Crippen LogP contribution in [0, 0.1) is 11.8 Å². The molecule has 4 aliphatic carbocycles. The van der Waals surface area contributed by atoms with Crippen LogP contribution < -0.4 is 10.0 Å². The van der Waals surface area contributed by atoms with E-state index in [4.69, 9.17) is 4.84 Å². The van der Waals surface area contributed by atoms with Crippen molar-refractivity contribution < 1.29 is 27.6 Å². The molecule has 0 aromatic heterocycles. The molecule has 5 aliphatic rings. The molecule has 2 N–H and O–H groups in total. The van der Waals surface area contributed by atoms with Crippen molar-refractivity contribution in [1.29, 1.82) is 0 Å². The summed E-state index contributed by atoms with van der Waals surface area (Å²) in [6.07, 6.45) is 8.71. The Morgan fingerprint density at radius 2 is 1.69 bits per heavy atom. The molecule has 7 rings (SSSR count). The van der Waals surface area contributed by atoms with Gasteiger partial charge in [0.1, 0.15) is 17.4 Å². The first-order valence-electron chi connectivity index (χ1n) is 15.6. The minimum atomic E-state index is -3.81. The van der Waals surface area contributed by atoms with Crippen LogP contribution in [0.5, 0.6) is 0 Å². The van der Waals surface area contributed by atoms with Gasteiger partial charge in [0.15, 0.2) is 0 Å². The number of likely N-dealkylation sites (N-methyl/N-ethyl adjacent to an activating group) is 1.